The minimum absolute atomic E-state index is 0.145. The minimum Gasteiger partial charge on any atom is -0.408 e. The number of oxazole rings is 1. The summed E-state index contributed by atoms with van der Waals surface area (Å²) in [4.78, 5) is 27.8. The Labute approximate surface area is 120 Å². The molecule has 0 unspecified atom stereocenters. The molecule has 2 aromatic carbocycles. The topological polar surface area (TPSA) is 66.3 Å². The molecule has 0 aliphatic carbocycles. The van der Waals surface area contributed by atoms with E-state index in [9.17, 15) is 9.59 Å². The van der Waals surface area contributed by atoms with Crippen LogP contribution in [0.5, 0.6) is 0 Å². The Hall–Kier alpha value is -2.82. The van der Waals surface area contributed by atoms with E-state index < -0.39 is 5.76 Å². The van der Waals surface area contributed by atoms with Crippen molar-refractivity contribution < 1.29 is 9.21 Å². The highest BCUT2D eigenvalue weighted by Crippen LogP contribution is 2.21. The number of nitrogens with zero attached hydrogens (tertiary/aromatic N) is 1. The van der Waals surface area contributed by atoms with Crippen LogP contribution in [0.1, 0.15) is 15.9 Å². The number of fused-ring (bicyclic) bond motifs is 1. The van der Waals surface area contributed by atoms with Gasteiger partial charge in [0, 0.05) is 18.3 Å². The maximum atomic E-state index is 12.6. The lowest BCUT2D eigenvalue weighted by Gasteiger charge is -2.19. The Morgan fingerprint density at radius 2 is 1.95 bits per heavy atom. The molecule has 0 fully saturated rings. The first kappa shape index (κ1) is 13.2. The van der Waals surface area contributed by atoms with E-state index >= 15 is 0 Å². The molecule has 0 bridgehead atoms. The lowest BCUT2D eigenvalue weighted by atomic mass is 10.1. The lowest BCUT2D eigenvalue weighted by molar-refractivity contribution is 0.0993. The molecule has 21 heavy (non-hydrogen) atoms. The third kappa shape index (κ3) is 2.33. The van der Waals surface area contributed by atoms with E-state index in [1.54, 1.807) is 30.1 Å². The number of nitrogens with one attached hydrogen (secondary N) is 1. The van der Waals surface area contributed by atoms with Crippen molar-refractivity contribution in [2.45, 2.75) is 6.92 Å². The maximum Gasteiger partial charge on any atom is 0.417 e. The number of aryl methyl sites for hydroxylation is 1. The summed E-state index contributed by atoms with van der Waals surface area (Å²) in [6.45, 7) is 1.95. The van der Waals surface area contributed by atoms with Crippen LogP contribution >= 0.6 is 0 Å². The monoisotopic (exact) mass is 282 g/mol. The van der Waals surface area contributed by atoms with Gasteiger partial charge in [-0.25, -0.2) is 4.79 Å². The van der Waals surface area contributed by atoms with Crippen molar-refractivity contribution in [3.63, 3.8) is 0 Å². The van der Waals surface area contributed by atoms with E-state index in [0.717, 1.165) is 11.3 Å². The molecule has 0 aliphatic rings. The summed E-state index contributed by atoms with van der Waals surface area (Å²) in [5.74, 6) is -0.671. The highest BCUT2D eigenvalue weighted by atomic mass is 16.4. The Bertz CT molecular complexity index is 876. The van der Waals surface area contributed by atoms with Gasteiger partial charge in [0.15, 0.2) is 5.58 Å². The van der Waals surface area contributed by atoms with Gasteiger partial charge in [-0.1, -0.05) is 18.2 Å². The zero-order valence-electron chi connectivity index (χ0n) is 11.7. The molecule has 1 aromatic heterocycles. The molecule has 0 spiro atoms. The number of aromatic amines is 1. The van der Waals surface area contributed by atoms with E-state index in [1.807, 2.05) is 31.2 Å². The highest BCUT2D eigenvalue weighted by molar-refractivity contribution is 6.07. The second-order valence-corrected chi connectivity index (χ2v) is 4.88. The quantitative estimate of drug-likeness (QED) is 0.786. The molecule has 1 amide bonds. The van der Waals surface area contributed by atoms with Crippen molar-refractivity contribution in [1.29, 1.82) is 0 Å². The van der Waals surface area contributed by atoms with E-state index in [2.05, 4.69) is 4.98 Å². The summed E-state index contributed by atoms with van der Waals surface area (Å²) >= 11 is 0. The fraction of sp³-hybridized carbons (Fsp3) is 0.125. The number of hydrogen-bond acceptors (Lipinski definition) is 3. The van der Waals surface area contributed by atoms with Gasteiger partial charge in [-0.15, -0.1) is 0 Å². The summed E-state index contributed by atoms with van der Waals surface area (Å²) in [6, 6.07) is 12.6. The third-order valence-electron chi connectivity index (χ3n) is 3.45. The van der Waals surface area contributed by atoms with Crippen molar-refractivity contribution in [1.82, 2.24) is 4.98 Å². The number of H-pyrrole nitrogens is 1. The van der Waals surface area contributed by atoms with Gasteiger partial charge in [0.05, 0.1) is 5.52 Å². The van der Waals surface area contributed by atoms with Crippen molar-refractivity contribution in [2.24, 2.45) is 0 Å². The van der Waals surface area contributed by atoms with Gasteiger partial charge in [-0.05, 0) is 36.8 Å². The number of benzene rings is 2. The van der Waals surface area contributed by atoms with Gasteiger partial charge in [0.1, 0.15) is 0 Å². The van der Waals surface area contributed by atoms with Gasteiger partial charge in [0.2, 0.25) is 0 Å². The number of para-hydroxylation sites is 1. The summed E-state index contributed by atoms with van der Waals surface area (Å²) < 4.78 is 4.93. The molecule has 1 heterocycles. The Morgan fingerprint density at radius 1 is 1.19 bits per heavy atom. The van der Waals surface area contributed by atoms with Crippen molar-refractivity contribution >= 4 is 22.7 Å². The first-order valence-corrected chi connectivity index (χ1v) is 6.53. The summed E-state index contributed by atoms with van der Waals surface area (Å²) in [7, 11) is 1.73. The second kappa shape index (κ2) is 4.94. The van der Waals surface area contributed by atoms with Crippen LogP contribution in [0.25, 0.3) is 11.1 Å². The molecular formula is C16H14N2O3. The molecule has 3 rings (SSSR count). The van der Waals surface area contributed by atoms with Crippen LogP contribution in [0, 0.1) is 6.92 Å². The standard InChI is InChI=1S/C16H14N2O3/c1-10-5-3-4-6-13(10)18(2)15(19)11-7-8-14-12(9-11)17-16(20)21-14/h3-9H,1-2H3,(H,17,20). The number of aromatic nitrogens is 1. The smallest absolute Gasteiger partial charge is 0.408 e. The summed E-state index contributed by atoms with van der Waals surface area (Å²) in [5, 5.41) is 0. The van der Waals surface area contributed by atoms with E-state index in [-0.39, 0.29) is 5.91 Å². The number of carbonyl (C=O) groups excluding carboxylic acids is 1. The van der Waals surface area contributed by atoms with Gasteiger partial charge >= 0.3 is 5.76 Å². The van der Waals surface area contributed by atoms with E-state index in [4.69, 9.17) is 4.42 Å². The third-order valence-corrected chi connectivity index (χ3v) is 3.45. The average molecular weight is 282 g/mol. The fourth-order valence-electron chi connectivity index (χ4n) is 2.33. The SMILES string of the molecule is Cc1ccccc1N(C)C(=O)c1ccc2oc(=O)[nH]c2c1. The number of hydrogen-bond donors (Lipinski definition) is 1. The van der Waals surface area contributed by atoms with Crippen LogP contribution in [0.15, 0.2) is 51.7 Å². The van der Waals surface area contributed by atoms with Crippen LogP contribution in [0.4, 0.5) is 5.69 Å². The molecule has 0 radical (unpaired) electrons. The molecule has 0 saturated carbocycles. The first-order valence-electron chi connectivity index (χ1n) is 6.53. The number of carbonyl (C=O) groups is 1. The van der Waals surface area contributed by atoms with Gasteiger partial charge in [-0.3, -0.25) is 9.78 Å². The zero-order chi connectivity index (χ0) is 15.0. The van der Waals surface area contributed by atoms with Gasteiger partial charge in [0.25, 0.3) is 5.91 Å². The second-order valence-electron chi connectivity index (χ2n) is 4.88. The van der Waals surface area contributed by atoms with Crippen LogP contribution < -0.4 is 10.7 Å². The maximum absolute atomic E-state index is 12.6. The summed E-state index contributed by atoms with van der Waals surface area (Å²) in [6.07, 6.45) is 0. The average Bonchev–Trinajstić information content (AvgIpc) is 2.85. The predicted molar refractivity (Wildman–Crippen MR) is 80.7 cm³/mol. The number of amides is 1. The van der Waals surface area contributed by atoms with Crippen LogP contribution in [0.2, 0.25) is 0 Å². The van der Waals surface area contributed by atoms with Crippen LogP contribution in [-0.4, -0.2) is 17.9 Å². The van der Waals surface area contributed by atoms with Crippen LogP contribution in [-0.2, 0) is 0 Å². The lowest BCUT2D eigenvalue weighted by Crippen LogP contribution is -2.26. The van der Waals surface area contributed by atoms with Gasteiger partial charge in [-0.2, -0.15) is 0 Å². The normalized spacial score (nSPS) is 10.8. The number of anilines is 1. The van der Waals surface area contributed by atoms with Crippen LogP contribution in [0.3, 0.4) is 0 Å². The molecule has 5 nitrogen and oxygen atoms in total. The van der Waals surface area contributed by atoms with Crippen molar-refractivity contribution in [3.05, 3.63) is 64.1 Å². The van der Waals surface area contributed by atoms with E-state index in [0.29, 0.717) is 16.7 Å². The molecule has 5 heteroatoms. The molecule has 1 N–H and O–H groups in total. The zero-order valence-corrected chi connectivity index (χ0v) is 11.7. The minimum atomic E-state index is -0.526. The molecule has 0 aliphatic heterocycles. The Kier molecular flexibility index (Phi) is 3.10. The summed E-state index contributed by atoms with van der Waals surface area (Å²) in [5.41, 5.74) is 3.32. The van der Waals surface area contributed by atoms with Gasteiger partial charge < -0.3 is 9.32 Å². The molecular weight excluding hydrogens is 268 g/mol. The van der Waals surface area contributed by atoms with Crippen molar-refractivity contribution in [2.75, 3.05) is 11.9 Å². The molecule has 0 saturated heterocycles. The molecule has 3 aromatic rings. The Balaban J connectivity index is 1.99. The first-order chi connectivity index (χ1) is 10.1. The fourth-order valence-corrected chi connectivity index (χ4v) is 2.33. The number of rotatable bonds is 2. The predicted octanol–water partition coefficient (Wildman–Crippen LogP) is 2.71. The molecule has 106 valence electrons. The largest absolute Gasteiger partial charge is 0.417 e. The highest BCUT2D eigenvalue weighted by Gasteiger charge is 2.16. The van der Waals surface area contributed by atoms with E-state index in [1.165, 1.54) is 0 Å². The Morgan fingerprint density at radius 3 is 2.71 bits per heavy atom. The van der Waals surface area contributed by atoms with Crippen molar-refractivity contribution in [3.8, 4) is 0 Å². The molecule has 0 atom stereocenters.